The van der Waals surface area contributed by atoms with Crippen LogP contribution in [0.15, 0.2) is 12.4 Å². The van der Waals surface area contributed by atoms with Crippen LogP contribution in [0.2, 0.25) is 0 Å². The van der Waals surface area contributed by atoms with Crippen LogP contribution in [0.3, 0.4) is 0 Å². The lowest BCUT2D eigenvalue weighted by atomic mass is 10.2. The molecule has 1 aliphatic rings. The maximum absolute atomic E-state index is 11.4. The molecule has 7 heteroatoms. The van der Waals surface area contributed by atoms with Crippen LogP contribution in [0.1, 0.15) is 6.42 Å². The number of hydrogen-bond donors (Lipinski definition) is 1. The van der Waals surface area contributed by atoms with E-state index in [0.717, 1.165) is 5.82 Å². The van der Waals surface area contributed by atoms with Gasteiger partial charge in [-0.15, -0.1) is 0 Å². The van der Waals surface area contributed by atoms with Crippen molar-refractivity contribution in [1.29, 1.82) is 0 Å². The molecule has 1 aliphatic heterocycles. The minimum atomic E-state index is -0.301. The highest BCUT2D eigenvalue weighted by molar-refractivity contribution is 5.76. The summed E-state index contributed by atoms with van der Waals surface area (Å²) in [5.41, 5.74) is 0. The van der Waals surface area contributed by atoms with Crippen molar-refractivity contribution in [2.24, 2.45) is 0 Å². The lowest BCUT2D eigenvalue weighted by Gasteiger charge is -2.14. The van der Waals surface area contributed by atoms with Gasteiger partial charge in [0.1, 0.15) is 24.3 Å². The fourth-order valence-electron chi connectivity index (χ4n) is 1.92. The van der Waals surface area contributed by atoms with Crippen LogP contribution in [0.5, 0.6) is 5.88 Å². The Morgan fingerprint density at radius 2 is 2.26 bits per heavy atom. The topological polar surface area (TPSA) is 76.6 Å². The van der Waals surface area contributed by atoms with Crippen LogP contribution in [0.25, 0.3) is 0 Å². The summed E-state index contributed by atoms with van der Waals surface area (Å²) in [6.07, 6.45) is 1.95. The molecule has 2 atom stereocenters. The Morgan fingerprint density at radius 1 is 1.47 bits per heavy atom. The summed E-state index contributed by atoms with van der Waals surface area (Å²) in [4.78, 5) is 21.4. The maximum Gasteiger partial charge on any atom is 0.323 e. The highest BCUT2D eigenvalue weighted by atomic mass is 16.5. The first-order chi connectivity index (χ1) is 9.10. The average molecular weight is 266 g/mol. The summed E-state index contributed by atoms with van der Waals surface area (Å²) < 4.78 is 10.4. The van der Waals surface area contributed by atoms with Gasteiger partial charge in [-0.05, 0) is 0 Å². The van der Waals surface area contributed by atoms with Gasteiger partial charge in [0, 0.05) is 33.1 Å². The summed E-state index contributed by atoms with van der Waals surface area (Å²) in [6, 6.07) is 1.47. The minimum Gasteiger partial charge on any atom is -0.473 e. The van der Waals surface area contributed by atoms with E-state index >= 15 is 0 Å². The Hall–Kier alpha value is -1.89. The molecule has 1 saturated heterocycles. The van der Waals surface area contributed by atoms with Crippen LogP contribution < -0.4 is 15.0 Å². The second kappa shape index (κ2) is 5.83. The quantitative estimate of drug-likeness (QED) is 0.758. The van der Waals surface area contributed by atoms with Crippen molar-refractivity contribution in [2.45, 2.75) is 18.6 Å². The predicted octanol–water partition coefficient (Wildman–Crippen LogP) is -0.175. The Labute approximate surface area is 111 Å². The molecule has 0 bridgehead atoms. The van der Waals surface area contributed by atoms with Crippen molar-refractivity contribution in [2.75, 3.05) is 32.6 Å². The molecule has 2 unspecified atom stereocenters. The van der Waals surface area contributed by atoms with Crippen LogP contribution in [-0.2, 0) is 9.53 Å². The number of ether oxygens (including phenoxy) is 2. The van der Waals surface area contributed by atoms with E-state index in [0.29, 0.717) is 18.8 Å². The Bertz CT molecular complexity index is 452. The molecule has 0 spiro atoms. The number of nitrogens with one attached hydrogen (secondary N) is 1. The third-order valence-corrected chi connectivity index (χ3v) is 2.95. The summed E-state index contributed by atoms with van der Waals surface area (Å²) in [5, 5.41) is 3.06. The SMILES string of the molecule is COC(=O)C1CC(Oc2cc(N(C)C)ncn2)CN1. The van der Waals surface area contributed by atoms with Crippen molar-refractivity contribution in [1.82, 2.24) is 15.3 Å². The molecule has 2 rings (SSSR count). The Balaban J connectivity index is 1.95. The molecule has 0 aliphatic carbocycles. The van der Waals surface area contributed by atoms with Gasteiger partial charge in [0.25, 0.3) is 0 Å². The first kappa shape index (κ1) is 13.5. The van der Waals surface area contributed by atoms with Crippen molar-refractivity contribution in [3.63, 3.8) is 0 Å². The summed E-state index contributed by atoms with van der Waals surface area (Å²) in [7, 11) is 5.18. The van der Waals surface area contributed by atoms with Gasteiger partial charge in [-0.2, -0.15) is 0 Å². The normalized spacial score (nSPS) is 22.1. The van der Waals surface area contributed by atoms with Crippen molar-refractivity contribution in [3.8, 4) is 5.88 Å². The molecule has 2 heterocycles. The standard InChI is InChI=1S/C12H18N4O3/c1-16(2)10-5-11(15-7-14-10)19-8-4-9(13-6-8)12(17)18-3/h5,7-9,13H,4,6H2,1-3H3. The number of anilines is 1. The first-order valence-corrected chi connectivity index (χ1v) is 6.07. The van der Waals surface area contributed by atoms with Crippen LogP contribution in [-0.4, -0.2) is 55.8 Å². The van der Waals surface area contributed by atoms with E-state index in [-0.39, 0.29) is 18.1 Å². The van der Waals surface area contributed by atoms with Gasteiger partial charge in [-0.25, -0.2) is 9.97 Å². The zero-order valence-corrected chi connectivity index (χ0v) is 11.3. The average Bonchev–Trinajstić information content (AvgIpc) is 2.86. The number of carbonyl (C=O) groups excluding carboxylic acids is 1. The number of hydrogen-bond acceptors (Lipinski definition) is 7. The number of rotatable bonds is 4. The number of nitrogens with zero attached hydrogens (tertiary/aromatic N) is 3. The van der Waals surface area contributed by atoms with Crippen molar-refractivity contribution >= 4 is 11.8 Å². The fourth-order valence-corrected chi connectivity index (χ4v) is 1.92. The van der Waals surface area contributed by atoms with Gasteiger partial charge in [-0.1, -0.05) is 0 Å². The van der Waals surface area contributed by atoms with Gasteiger partial charge < -0.3 is 19.7 Å². The lowest BCUT2D eigenvalue weighted by molar-refractivity contribution is -0.142. The Kier molecular flexibility index (Phi) is 4.16. The second-order valence-corrected chi connectivity index (χ2v) is 4.57. The summed E-state index contributed by atoms with van der Waals surface area (Å²) >= 11 is 0. The van der Waals surface area contributed by atoms with Gasteiger partial charge >= 0.3 is 5.97 Å². The molecular formula is C12H18N4O3. The van der Waals surface area contributed by atoms with E-state index in [2.05, 4.69) is 15.3 Å². The molecule has 7 nitrogen and oxygen atoms in total. The number of methoxy groups -OCH3 is 1. The van der Waals surface area contributed by atoms with Crippen molar-refractivity contribution < 1.29 is 14.3 Å². The second-order valence-electron chi connectivity index (χ2n) is 4.57. The molecule has 1 fully saturated rings. The molecule has 1 aromatic heterocycles. The first-order valence-electron chi connectivity index (χ1n) is 6.07. The molecular weight excluding hydrogens is 248 g/mol. The van der Waals surface area contributed by atoms with Gasteiger partial charge in [0.15, 0.2) is 0 Å². The van der Waals surface area contributed by atoms with Gasteiger partial charge in [0.2, 0.25) is 5.88 Å². The zero-order chi connectivity index (χ0) is 13.8. The van der Waals surface area contributed by atoms with Crippen LogP contribution >= 0.6 is 0 Å². The summed E-state index contributed by atoms with van der Waals surface area (Å²) in [6.45, 7) is 0.598. The van der Waals surface area contributed by atoms with Gasteiger partial charge in [0.05, 0.1) is 7.11 Å². The monoisotopic (exact) mass is 266 g/mol. The lowest BCUT2D eigenvalue weighted by Crippen LogP contribution is -2.31. The highest BCUT2D eigenvalue weighted by Gasteiger charge is 2.31. The third-order valence-electron chi connectivity index (χ3n) is 2.95. The molecule has 0 amide bonds. The maximum atomic E-state index is 11.4. The van der Waals surface area contributed by atoms with Crippen LogP contribution in [0.4, 0.5) is 5.82 Å². The smallest absolute Gasteiger partial charge is 0.323 e. The van der Waals surface area contributed by atoms with Gasteiger partial charge in [-0.3, -0.25) is 4.79 Å². The van der Waals surface area contributed by atoms with E-state index in [1.165, 1.54) is 13.4 Å². The third kappa shape index (κ3) is 3.31. The fraction of sp³-hybridized carbons (Fsp3) is 0.583. The molecule has 0 radical (unpaired) electrons. The van der Waals surface area contributed by atoms with Crippen molar-refractivity contribution in [3.05, 3.63) is 12.4 Å². The highest BCUT2D eigenvalue weighted by Crippen LogP contribution is 2.18. The molecule has 0 saturated carbocycles. The zero-order valence-electron chi connectivity index (χ0n) is 11.3. The molecule has 104 valence electrons. The molecule has 0 aromatic carbocycles. The molecule has 19 heavy (non-hydrogen) atoms. The van der Waals surface area contributed by atoms with E-state index in [1.807, 2.05) is 19.0 Å². The molecule has 1 N–H and O–H groups in total. The Morgan fingerprint density at radius 3 is 2.95 bits per heavy atom. The van der Waals surface area contributed by atoms with Crippen LogP contribution in [0, 0.1) is 0 Å². The number of aromatic nitrogens is 2. The number of carbonyl (C=O) groups is 1. The predicted molar refractivity (Wildman–Crippen MR) is 69.2 cm³/mol. The minimum absolute atomic E-state index is 0.0889. The van der Waals surface area contributed by atoms with E-state index < -0.39 is 0 Å². The van der Waals surface area contributed by atoms with E-state index in [4.69, 9.17) is 9.47 Å². The number of esters is 1. The van der Waals surface area contributed by atoms with E-state index in [1.54, 1.807) is 6.07 Å². The van der Waals surface area contributed by atoms with E-state index in [9.17, 15) is 4.79 Å². The largest absolute Gasteiger partial charge is 0.473 e. The molecule has 1 aromatic rings. The summed E-state index contributed by atoms with van der Waals surface area (Å²) in [5.74, 6) is 1.03.